The lowest BCUT2D eigenvalue weighted by Gasteiger charge is -2.07. The second-order valence-corrected chi connectivity index (χ2v) is 6.13. The lowest BCUT2D eigenvalue weighted by molar-refractivity contribution is 0.464. The van der Waals surface area contributed by atoms with Gasteiger partial charge in [-0.05, 0) is 50.6 Å². The Morgan fingerprint density at radius 1 is 0.842 bits per heavy atom. The number of aromatic nitrogens is 1. The zero-order valence-corrected chi connectivity index (χ0v) is 11.6. The summed E-state index contributed by atoms with van der Waals surface area (Å²) >= 11 is 0. The molecule has 3 rings (SSSR count). The van der Waals surface area contributed by atoms with E-state index in [1.54, 1.807) is 23.1 Å². The summed E-state index contributed by atoms with van der Waals surface area (Å²) in [6, 6.07) is 17.5. The van der Waals surface area contributed by atoms with Gasteiger partial charge in [-0.25, -0.2) is 4.98 Å². The van der Waals surface area contributed by atoms with Crippen LogP contribution in [-0.4, -0.2) is 10.1 Å². The lowest BCUT2D eigenvalue weighted by atomic mass is 10.1. The molecule has 0 radical (unpaired) electrons. The molecule has 0 spiro atoms. The molecule has 1 aromatic heterocycles. The van der Waals surface area contributed by atoms with E-state index in [1.807, 2.05) is 48.5 Å². The van der Waals surface area contributed by atoms with Gasteiger partial charge in [-0.1, -0.05) is 36.4 Å². The molecule has 0 aliphatic rings. The van der Waals surface area contributed by atoms with Gasteiger partial charge in [0, 0.05) is 6.20 Å². The highest BCUT2D eigenvalue weighted by molar-refractivity contribution is 8.76. The van der Waals surface area contributed by atoms with Crippen LogP contribution in [0.3, 0.4) is 0 Å². The van der Waals surface area contributed by atoms with Crippen LogP contribution < -0.4 is 0 Å². The summed E-state index contributed by atoms with van der Waals surface area (Å²) in [5.74, 6) is 0.312. The van der Waals surface area contributed by atoms with Crippen molar-refractivity contribution < 1.29 is 5.11 Å². The lowest BCUT2D eigenvalue weighted by Crippen LogP contribution is -1.78. The molecule has 0 bridgehead atoms. The molecule has 94 valence electrons. The number of nitrogens with zero attached hydrogens (tertiary/aromatic N) is 1. The third kappa shape index (κ3) is 2.69. The fourth-order valence-electron chi connectivity index (χ4n) is 1.80. The van der Waals surface area contributed by atoms with Gasteiger partial charge in [-0.15, -0.1) is 0 Å². The molecule has 0 saturated carbocycles. The van der Waals surface area contributed by atoms with Gasteiger partial charge in [-0.2, -0.15) is 0 Å². The van der Waals surface area contributed by atoms with E-state index < -0.39 is 0 Å². The maximum atomic E-state index is 10.0. The van der Waals surface area contributed by atoms with Gasteiger partial charge >= 0.3 is 0 Å². The number of benzene rings is 2. The quantitative estimate of drug-likeness (QED) is 0.705. The Bertz CT molecular complexity index is 701. The molecule has 2 aromatic carbocycles. The van der Waals surface area contributed by atoms with E-state index in [1.165, 1.54) is 10.8 Å². The Morgan fingerprint density at radius 3 is 2.53 bits per heavy atom. The number of hydrogen-bond acceptors (Lipinski definition) is 4. The Morgan fingerprint density at radius 2 is 1.68 bits per heavy atom. The minimum atomic E-state index is 0.312. The molecule has 0 atom stereocenters. The summed E-state index contributed by atoms with van der Waals surface area (Å²) in [6.45, 7) is 0. The van der Waals surface area contributed by atoms with Crippen molar-refractivity contribution in [1.82, 2.24) is 4.98 Å². The van der Waals surface area contributed by atoms with Gasteiger partial charge in [0.05, 0.1) is 4.90 Å². The van der Waals surface area contributed by atoms with Crippen LogP contribution in [0.15, 0.2) is 70.7 Å². The van der Waals surface area contributed by atoms with Crippen LogP contribution in [0.5, 0.6) is 5.75 Å². The number of phenolic OH excluding ortho intramolecular Hbond substituents is 1. The fraction of sp³-hybridized carbons (Fsp3) is 0. The minimum Gasteiger partial charge on any atom is -0.507 e. The molecule has 1 N–H and O–H groups in total. The first-order valence-electron chi connectivity index (χ1n) is 5.81. The number of aromatic hydroxyl groups is 1. The SMILES string of the molecule is Oc1ccc2ccccc2c1SSc1ccccn1. The fourth-order valence-corrected chi connectivity index (χ4v) is 3.96. The molecule has 0 amide bonds. The average Bonchev–Trinajstić information content (AvgIpc) is 2.47. The molecule has 0 aliphatic carbocycles. The van der Waals surface area contributed by atoms with E-state index in [2.05, 4.69) is 4.98 Å². The molecule has 2 nitrogen and oxygen atoms in total. The van der Waals surface area contributed by atoms with Crippen LogP contribution >= 0.6 is 21.6 Å². The van der Waals surface area contributed by atoms with Crippen LogP contribution in [0, 0.1) is 0 Å². The van der Waals surface area contributed by atoms with Crippen molar-refractivity contribution in [3.05, 3.63) is 60.8 Å². The third-order valence-electron chi connectivity index (χ3n) is 2.71. The van der Waals surface area contributed by atoms with E-state index in [9.17, 15) is 5.11 Å². The Hall–Kier alpha value is -1.65. The zero-order chi connectivity index (χ0) is 13.1. The van der Waals surface area contributed by atoms with Crippen molar-refractivity contribution in [2.75, 3.05) is 0 Å². The van der Waals surface area contributed by atoms with Crippen molar-refractivity contribution in [2.24, 2.45) is 0 Å². The van der Waals surface area contributed by atoms with Crippen LogP contribution in [0.1, 0.15) is 0 Å². The van der Waals surface area contributed by atoms with E-state index in [0.29, 0.717) is 5.75 Å². The van der Waals surface area contributed by atoms with E-state index in [4.69, 9.17) is 0 Å². The van der Waals surface area contributed by atoms with Crippen molar-refractivity contribution in [3.63, 3.8) is 0 Å². The van der Waals surface area contributed by atoms with Crippen LogP contribution in [0.2, 0.25) is 0 Å². The Balaban J connectivity index is 1.94. The largest absolute Gasteiger partial charge is 0.507 e. The first-order valence-corrected chi connectivity index (χ1v) is 7.96. The average molecular weight is 285 g/mol. The molecule has 1 heterocycles. The maximum absolute atomic E-state index is 10.0. The standard InChI is InChI=1S/C15H11NOS2/c17-13-9-8-11-5-1-2-6-12(11)15(13)19-18-14-7-3-4-10-16-14/h1-10,17H. The van der Waals surface area contributed by atoms with Gasteiger partial charge in [-0.3, -0.25) is 0 Å². The zero-order valence-electron chi connectivity index (χ0n) is 9.98. The Labute approximate surface area is 119 Å². The van der Waals surface area contributed by atoms with Gasteiger partial charge in [0.1, 0.15) is 10.8 Å². The molecule has 0 aliphatic heterocycles. The third-order valence-corrected chi connectivity index (χ3v) is 5.06. The molecule has 0 saturated heterocycles. The highest BCUT2D eigenvalue weighted by Crippen LogP contribution is 2.44. The topological polar surface area (TPSA) is 33.1 Å². The minimum absolute atomic E-state index is 0.312. The normalized spacial score (nSPS) is 10.7. The highest BCUT2D eigenvalue weighted by atomic mass is 33.1. The first-order chi connectivity index (χ1) is 9.34. The summed E-state index contributed by atoms with van der Waals surface area (Å²) < 4.78 is 0. The second-order valence-electron chi connectivity index (χ2n) is 3.97. The number of rotatable bonds is 3. The Kier molecular flexibility index (Phi) is 3.62. The van der Waals surface area contributed by atoms with Crippen LogP contribution in [0.4, 0.5) is 0 Å². The molecule has 4 heteroatoms. The smallest absolute Gasteiger partial charge is 0.130 e. The van der Waals surface area contributed by atoms with Crippen LogP contribution in [0.25, 0.3) is 10.8 Å². The number of pyridine rings is 1. The maximum Gasteiger partial charge on any atom is 0.130 e. The van der Waals surface area contributed by atoms with E-state index in [-0.39, 0.29) is 0 Å². The second kappa shape index (κ2) is 5.55. The molecule has 0 unspecified atom stereocenters. The van der Waals surface area contributed by atoms with E-state index in [0.717, 1.165) is 20.7 Å². The molecule has 0 fully saturated rings. The monoisotopic (exact) mass is 285 g/mol. The summed E-state index contributed by atoms with van der Waals surface area (Å²) in [5, 5.41) is 13.2. The van der Waals surface area contributed by atoms with Crippen molar-refractivity contribution in [2.45, 2.75) is 9.92 Å². The number of fused-ring (bicyclic) bond motifs is 1. The number of phenols is 1. The predicted molar refractivity (Wildman–Crippen MR) is 81.6 cm³/mol. The first kappa shape index (κ1) is 12.4. The van der Waals surface area contributed by atoms with Gasteiger partial charge in [0.15, 0.2) is 0 Å². The van der Waals surface area contributed by atoms with Gasteiger partial charge in [0.2, 0.25) is 0 Å². The summed E-state index contributed by atoms with van der Waals surface area (Å²) in [4.78, 5) is 5.15. The van der Waals surface area contributed by atoms with Crippen LogP contribution in [-0.2, 0) is 0 Å². The van der Waals surface area contributed by atoms with Gasteiger partial charge in [0.25, 0.3) is 0 Å². The van der Waals surface area contributed by atoms with Crippen molar-refractivity contribution in [1.29, 1.82) is 0 Å². The number of hydrogen-bond donors (Lipinski definition) is 1. The summed E-state index contributed by atoms with van der Waals surface area (Å²) in [5.41, 5.74) is 0. The molecular weight excluding hydrogens is 274 g/mol. The summed E-state index contributed by atoms with van der Waals surface area (Å²) in [6.07, 6.45) is 1.77. The predicted octanol–water partition coefficient (Wildman–Crippen LogP) is 4.74. The van der Waals surface area contributed by atoms with Crippen molar-refractivity contribution in [3.8, 4) is 5.75 Å². The molecular formula is C15H11NOS2. The van der Waals surface area contributed by atoms with Crippen molar-refractivity contribution >= 4 is 32.4 Å². The summed E-state index contributed by atoms with van der Waals surface area (Å²) in [7, 11) is 3.08. The van der Waals surface area contributed by atoms with Gasteiger partial charge < -0.3 is 5.11 Å². The van der Waals surface area contributed by atoms with E-state index >= 15 is 0 Å². The highest BCUT2D eigenvalue weighted by Gasteiger charge is 2.08. The molecule has 19 heavy (non-hydrogen) atoms. The molecule has 3 aromatic rings.